The molecule has 4 saturated heterocycles. The molecule has 22 heteroatoms. The van der Waals surface area contributed by atoms with Crippen LogP contribution in [0.5, 0.6) is 0 Å². The highest BCUT2D eigenvalue weighted by molar-refractivity contribution is 6.31. The van der Waals surface area contributed by atoms with E-state index in [0.29, 0.717) is 60.9 Å². The van der Waals surface area contributed by atoms with E-state index in [2.05, 4.69) is 15.4 Å². The van der Waals surface area contributed by atoms with Crippen molar-refractivity contribution >= 4 is 47.9 Å². The Hall–Kier alpha value is -6.19. The van der Waals surface area contributed by atoms with Crippen molar-refractivity contribution in [1.82, 2.24) is 25.3 Å². The number of likely N-dealkylation sites (tertiary alicyclic amines) is 3. The first-order valence-corrected chi connectivity index (χ1v) is 22.8. The number of alkyl carbamates (subject to hydrolysis) is 1. The minimum absolute atomic E-state index is 0.0517. The summed E-state index contributed by atoms with van der Waals surface area (Å²) in [6, 6.07) is 7.67. The van der Waals surface area contributed by atoms with Gasteiger partial charge in [-0.1, -0.05) is 17.7 Å². The van der Waals surface area contributed by atoms with E-state index in [4.69, 9.17) is 27.2 Å². The Morgan fingerprint density at radius 2 is 1.40 bits per heavy atom. The number of nitrogens with two attached hydrogens (primary N) is 1. The van der Waals surface area contributed by atoms with Crippen LogP contribution >= 0.6 is 11.6 Å². The van der Waals surface area contributed by atoms with Gasteiger partial charge in [0.1, 0.15) is 23.5 Å². The molecule has 5 N–H and O–H groups in total. The number of hydrogen-bond acceptors (Lipinski definition) is 10. The van der Waals surface area contributed by atoms with Crippen LogP contribution in [0.15, 0.2) is 60.9 Å². The molecule has 7 rings (SSSR count). The van der Waals surface area contributed by atoms with E-state index in [-0.39, 0.29) is 79.0 Å². The van der Waals surface area contributed by atoms with Crippen LogP contribution in [0.4, 0.5) is 31.1 Å². The zero-order valence-electron chi connectivity index (χ0n) is 38.6. The number of carboxylic acid groups (broad SMARTS) is 1. The van der Waals surface area contributed by atoms with Gasteiger partial charge in [0.15, 0.2) is 23.3 Å². The number of amides is 4. The van der Waals surface area contributed by atoms with Gasteiger partial charge in [-0.3, -0.25) is 19.2 Å². The maximum Gasteiger partial charge on any atom is 0.407 e. The topological polar surface area (TPSA) is 201 Å². The Bertz CT molecular complexity index is 2430. The summed E-state index contributed by atoms with van der Waals surface area (Å²) in [4.78, 5) is 75.1. The summed E-state index contributed by atoms with van der Waals surface area (Å²) >= 11 is 5.99. The molecule has 0 aromatic heterocycles. The molecule has 0 unspecified atom stereocenters. The molecule has 0 saturated carbocycles. The van der Waals surface area contributed by atoms with Crippen molar-refractivity contribution < 1.29 is 69.7 Å². The number of rotatable bonds is 13. The number of carbonyl (C=O) groups excluding carboxylic acids is 5. The van der Waals surface area contributed by atoms with Crippen molar-refractivity contribution in [3.8, 4) is 0 Å². The van der Waals surface area contributed by atoms with E-state index in [9.17, 15) is 55.1 Å². The van der Waals surface area contributed by atoms with Crippen LogP contribution in [0.3, 0.4) is 0 Å². The van der Waals surface area contributed by atoms with Gasteiger partial charge < -0.3 is 45.6 Å². The van der Waals surface area contributed by atoms with Gasteiger partial charge >= 0.3 is 12.1 Å². The average molecular weight is 1010 g/mol. The first-order valence-electron chi connectivity index (χ1n) is 22.4. The Balaban J connectivity index is 0.000000226. The smallest absolute Gasteiger partial charge is 0.407 e. The van der Waals surface area contributed by atoms with E-state index < -0.39 is 64.7 Å². The molecule has 4 aliphatic heterocycles. The Morgan fingerprint density at radius 1 is 0.814 bits per heavy atom. The number of benzene rings is 3. The Labute approximate surface area is 405 Å². The summed E-state index contributed by atoms with van der Waals surface area (Å²) in [5, 5.41) is 14.2. The first kappa shape index (κ1) is 54.7. The highest BCUT2D eigenvalue weighted by Gasteiger charge is 2.45. The molecule has 3 aromatic carbocycles. The second kappa shape index (κ2) is 24.6. The maximum atomic E-state index is 14.2. The largest absolute Gasteiger partial charge is 0.478 e. The van der Waals surface area contributed by atoms with E-state index in [0.717, 1.165) is 44.3 Å². The number of ether oxygens (including phenoxy) is 2. The van der Waals surface area contributed by atoms with Gasteiger partial charge in [-0.05, 0) is 93.8 Å². The molecule has 0 radical (unpaired) electrons. The number of carbonyl (C=O) groups is 6. The second-order valence-electron chi connectivity index (χ2n) is 18.3. The van der Waals surface area contributed by atoms with Gasteiger partial charge in [-0.15, -0.1) is 0 Å². The number of nitrogens with one attached hydrogen (secondary N) is 2. The molecule has 4 amide bonds. The second-order valence-corrected chi connectivity index (χ2v) is 18.7. The van der Waals surface area contributed by atoms with Crippen molar-refractivity contribution in [2.75, 3.05) is 39.3 Å². The van der Waals surface area contributed by atoms with Gasteiger partial charge in [-0.2, -0.15) is 0 Å². The lowest BCUT2D eigenvalue weighted by molar-refractivity contribution is -0.133. The molecule has 4 aliphatic rings. The lowest BCUT2D eigenvalue weighted by Gasteiger charge is -2.27. The predicted molar refractivity (Wildman–Crippen MR) is 242 cm³/mol. The van der Waals surface area contributed by atoms with Crippen LogP contribution < -0.4 is 16.4 Å². The standard InChI is InChI=1S/C23H23ClF3N3O2.C21H28F3N3O3.C4H4O4/c24-16-3-1-2-13(6-16)23(32)29-11-14-4-5-30(21(14)12-29)22(31)9-17(28)7-15-8-19(26)20(27)10-18(15)25;1-21(2,3)30-20(29)26-14(6-13-7-16(23)17(24)9-15(13)22)8-19(28)27-5-4-12-10-25-11-18(12)27;5-3-8-2-1-4(6)7/h1-3,6,8,10,14,17,21H,4-5,7,9,11-12,28H2;7,9,12,14,18,25H,4-6,8,10-11H2,1-3H3,(H,26,29);1-3H,(H,6,7)/b;;2-1+/t14-,17+,21+;12-,14+,18+;/m00./s1. The SMILES string of the molecule is CC(C)(C)OC(=O)N[C@@H](CC(=O)N1CC[C@H]2CNC[C@H]21)Cc1cc(F)c(F)cc1F.N[C@@H](CC(=O)N1CC[C@H]2CN(C(=O)c3cccc(Cl)c3)C[C@H]21)Cc1cc(F)c(F)cc1F.O=CO/C=C/C(=O)O. The summed E-state index contributed by atoms with van der Waals surface area (Å²) in [5.41, 5.74) is 5.58. The third-order valence-electron chi connectivity index (χ3n) is 12.0. The van der Waals surface area contributed by atoms with E-state index >= 15 is 0 Å². The fraction of sp³-hybridized carbons (Fsp3) is 0.458. The predicted octanol–water partition coefficient (Wildman–Crippen LogP) is 5.90. The van der Waals surface area contributed by atoms with Crippen molar-refractivity contribution in [1.29, 1.82) is 0 Å². The van der Waals surface area contributed by atoms with Crippen LogP contribution in [0, 0.1) is 46.7 Å². The molecule has 380 valence electrons. The molecule has 15 nitrogen and oxygen atoms in total. The van der Waals surface area contributed by atoms with Gasteiger partial charge in [0.25, 0.3) is 12.4 Å². The zero-order valence-corrected chi connectivity index (χ0v) is 39.3. The Morgan fingerprint density at radius 3 is 2.00 bits per heavy atom. The zero-order chi connectivity index (χ0) is 51.4. The number of carboxylic acids is 1. The van der Waals surface area contributed by atoms with Crippen LogP contribution in [0.1, 0.15) is 67.9 Å². The lowest BCUT2D eigenvalue weighted by Crippen LogP contribution is -2.46. The third kappa shape index (κ3) is 15.4. The molecule has 3 aromatic rings. The quantitative estimate of drug-likeness (QED) is 0.0523. The molecular weight excluding hydrogens is 954 g/mol. The normalized spacial score (nSPS) is 20.1. The highest BCUT2D eigenvalue weighted by atomic mass is 35.5. The lowest BCUT2D eigenvalue weighted by atomic mass is 10.0. The van der Waals surface area contributed by atoms with Gasteiger partial charge in [0.2, 0.25) is 11.8 Å². The van der Waals surface area contributed by atoms with Gasteiger partial charge in [-0.25, -0.2) is 35.9 Å². The minimum atomic E-state index is -1.29. The summed E-state index contributed by atoms with van der Waals surface area (Å²) in [6.45, 7) is 9.00. The molecule has 4 fully saturated rings. The molecule has 0 aliphatic carbocycles. The van der Waals surface area contributed by atoms with E-state index in [1.807, 2.05) is 0 Å². The molecule has 6 atom stereocenters. The summed E-state index contributed by atoms with van der Waals surface area (Å²) in [6.07, 6.45) is 2.03. The molecule has 0 bridgehead atoms. The maximum absolute atomic E-state index is 14.2. The molecule has 0 spiro atoms. The van der Waals surface area contributed by atoms with Crippen molar-refractivity contribution in [3.05, 3.63) is 117 Å². The number of aliphatic carboxylic acids is 1. The van der Waals surface area contributed by atoms with Crippen molar-refractivity contribution in [3.63, 3.8) is 0 Å². The highest BCUT2D eigenvalue weighted by Crippen LogP contribution is 2.33. The van der Waals surface area contributed by atoms with Crippen LogP contribution in [-0.4, -0.2) is 125 Å². The van der Waals surface area contributed by atoms with Crippen molar-refractivity contribution in [2.45, 2.75) is 89.1 Å². The fourth-order valence-corrected chi connectivity index (χ4v) is 9.10. The van der Waals surface area contributed by atoms with Crippen LogP contribution in [-0.2, 0) is 41.5 Å². The van der Waals surface area contributed by atoms with Crippen LogP contribution in [0.25, 0.3) is 0 Å². The number of fused-ring (bicyclic) bond motifs is 2. The molecule has 4 heterocycles. The monoisotopic (exact) mass is 1010 g/mol. The van der Waals surface area contributed by atoms with E-state index in [1.165, 1.54) is 0 Å². The fourth-order valence-electron chi connectivity index (χ4n) is 8.91. The summed E-state index contributed by atoms with van der Waals surface area (Å²) in [7, 11) is 0. The summed E-state index contributed by atoms with van der Waals surface area (Å²) in [5.74, 6) is -7.76. The summed E-state index contributed by atoms with van der Waals surface area (Å²) < 4.78 is 90.6. The molecule has 70 heavy (non-hydrogen) atoms. The third-order valence-corrected chi connectivity index (χ3v) is 12.3. The Kier molecular flexibility index (Phi) is 19.2. The molecular formula is C48H55ClF6N6O9. The van der Waals surface area contributed by atoms with Gasteiger partial charge in [0.05, 0.1) is 12.1 Å². The van der Waals surface area contributed by atoms with Crippen LogP contribution in [0.2, 0.25) is 5.02 Å². The average Bonchev–Trinajstić information content (AvgIpc) is 4.08. The van der Waals surface area contributed by atoms with Gasteiger partial charge in [0, 0.05) is 98.9 Å². The number of nitrogens with zero attached hydrogens (tertiary/aromatic N) is 3. The first-order chi connectivity index (χ1) is 33.0. The number of halogens is 7. The number of hydrogen-bond donors (Lipinski definition) is 4. The van der Waals surface area contributed by atoms with E-state index in [1.54, 1.807) is 59.7 Å². The van der Waals surface area contributed by atoms with Crippen molar-refractivity contribution in [2.24, 2.45) is 17.6 Å². The minimum Gasteiger partial charge on any atom is -0.478 e.